The van der Waals surface area contributed by atoms with E-state index in [-0.39, 0.29) is 0 Å². The van der Waals surface area contributed by atoms with Gasteiger partial charge in [-0.25, -0.2) is 9.97 Å². The molecule has 2 aromatic rings. The molecular weight excluding hydrogens is 284 g/mol. The maximum absolute atomic E-state index is 4.63. The van der Waals surface area contributed by atoms with Gasteiger partial charge in [-0.2, -0.15) is 0 Å². The van der Waals surface area contributed by atoms with Crippen molar-refractivity contribution in [3.63, 3.8) is 0 Å². The van der Waals surface area contributed by atoms with Crippen molar-refractivity contribution in [1.82, 2.24) is 25.1 Å². The number of anilines is 2. The van der Waals surface area contributed by atoms with Crippen LogP contribution in [0, 0.1) is 6.92 Å². The smallest absolute Gasteiger partial charge is 0.210 e. The third kappa shape index (κ3) is 3.36. The van der Waals surface area contributed by atoms with E-state index >= 15 is 0 Å². The molecule has 3 heterocycles. The van der Waals surface area contributed by atoms with E-state index in [0.717, 1.165) is 42.0 Å². The van der Waals surface area contributed by atoms with Crippen molar-refractivity contribution >= 4 is 22.3 Å². The molecule has 1 aliphatic rings. The van der Waals surface area contributed by atoms with Gasteiger partial charge < -0.3 is 10.2 Å². The summed E-state index contributed by atoms with van der Waals surface area (Å²) < 4.78 is 0. The van der Waals surface area contributed by atoms with Gasteiger partial charge in [-0.05, 0) is 33.7 Å². The molecule has 6 nitrogen and oxygen atoms in total. The van der Waals surface area contributed by atoms with Crippen LogP contribution in [0.15, 0.2) is 11.6 Å². The van der Waals surface area contributed by atoms with Crippen molar-refractivity contribution in [2.24, 2.45) is 0 Å². The van der Waals surface area contributed by atoms with Crippen LogP contribution in [0.25, 0.3) is 0 Å². The van der Waals surface area contributed by atoms with Crippen molar-refractivity contribution in [2.45, 2.75) is 39.2 Å². The van der Waals surface area contributed by atoms with E-state index < -0.39 is 0 Å². The Morgan fingerprint density at radius 1 is 1.38 bits per heavy atom. The molecule has 1 fully saturated rings. The summed E-state index contributed by atoms with van der Waals surface area (Å²) in [6.45, 7) is 8.65. The summed E-state index contributed by atoms with van der Waals surface area (Å²) in [5, 5.41) is 11.8. The highest BCUT2D eigenvalue weighted by atomic mass is 32.1. The normalized spacial score (nSPS) is 19.3. The van der Waals surface area contributed by atoms with E-state index in [4.69, 9.17) is 0 Å². The fourth-order valence-electron chi connectivity index (χ4n) is 2.70. The van der Waals surface area contributed by atoms with Crippen LogP contribution in [-0.4, -0.2) is 44.2 Å². The Morgan fingerprint density at radius 3 is 2.90 bits per heavy atom. The number of aromatic nitrogens is 4. The zero-order valence-corrected chi connectivity index (χ0v) is 13.4. The second kappa shape index (κ2) is 6.03. The average Bonchev–Trinajstić information content (AvgIpc) is 3.08. The first-order valence-corrected chi connectivity index (χ1v) is 8.12. The van der Waals surface area contributed by atoms with Crippen LogP contribution in [-0.2, 0) is 0 Å². The summed E-state index contributed by atoms with van der Waals surface area (Å²) in [7, 11) is 0. The van der Waals surface area contributed by atoms with Gasteiger partial charge in [-0.3, -0.25) is 0 Å². The molecule has 1 N–H and O–H groups in total. The number of hydrogen-bond acceptors (Lipinski definition) is 7. The van der Waals surface area contributed by atoms with Crippen LogP contribution in [0.3, 0.4) is 0 Å². The minimum atomic E-state index is 0.490. The van der Waals surface area contributed by atoms with Crippen LogP contribution in [0.5, 0.6) is 0 Å². The molecule has 1 aliphatic heterocycles. The van der Waals surface area contributed by atoms with E-state index in [1.165, 1.54) is 11.3 Å². The molecule has 0 radical (unpaired) electrons. The van der Waals surface area contributed by atoms with Gasteiger partial charge in [0.2, 0.25) is 5.13 Å². The zero-order chi connectivity index (χ0) is 14.8. The first-order valence-electron chi connectivity index (χ1n) is 7.24. The Hall–Kier alpha value is -1.60. The fraction of sp³-hybridized carbons (Fsp3) is 0.571. The predicted octanol–water partition coefficient (Wildman–Crippen LogP) is 2.58. The van der Waals surface area contributed by atoms with Crippen molar-refractivity contribution < 1.29 is 0 Å². The van der Waals surface area contributed by atoms with E-state index in [0.29, 0.717) is 12.0 Å². The molecule has 2 aromatic heterocycles. The van der Waals surface area contributed by atoms with E-state index in [1.54, 1.807) is 5.51 Å². The summed E-state index contributed by atoms with van der Waals surface area (Å²) in [6, 6.07) is 2.64. The van der Waals surface area contributed by atoms with Crippen LogP contribution >= 0.6 is 11.3 Å². The quantitative estimate of drug-likeness (QED) is 0.936. The zero-order valence-electron chi connectivity index (χ0n) is 12.6. The molecule has 1 saturated heterocycles. The molecule has 0 aromatic carbocycles. The summed E-state index contributed by atoms with van der Waals surface area (Å²) in [5.74, 6) is 2.09. The highest BCUT2D eigenvalue weighted by molar-refractivity contribution is 7.13. The molecular formula is C14H20N6S. The number of aryl methyl sites for hydroxylation is 1. The van der Waals surface area contributed by atoms with Crippen LogP contribution < -0.4 is 5.32 Å². The first kappa shape index (κ1) is 14.3. The van der Waals surface area contributed by atoms with E-state index in [9.17, 15) is 0 Å². The molecule has 3 rings (SSSR count). The third-order valence-corrected chi connectivity index (χ3v) is 4.43. The topological polar surface area (TPSA) is 66.8 Å². The highest BCUT2D eigenvalue weighted by Gasteiger charge is 2.26. The molecule has 21 heavy (non-hydrogen) atoms. The van der Waals surface area contributed by atoms with Crippen molar-refractivity contribution in [3.8, 4) is 0 Å². The molecule has 1 atom stereocenters. The first-order chi connectivity index (χ1) is 10.1. The molecule has 0 unspecified atom stereocenters. The molecule has 0 aliphatic carbocycles. The Labute approximate surface area is 128 Å². The lowest BCUT2D eigenvalue weighted by molar-refractivity contribution is 0.272. The lowest BCUT2D eigenvalue weighted by Gasteiger charge is -2.20. The maximum atomic E-state index is 4.63. The minimum absolute atomic E-state index is 0.490. The summed E-state index contributed by atoms with van der Waals surface area (Å²) in [5.41, 5.74) is 2.83. The lowest BCUT2D eigenvalue weighted by Crippen LogP contribution is -2.28. The predicted molar refractivity (Wildman–Crippen MR) is 84.0 cm³/mol. The van der Waals surface area contributed by atoms with Gasteiger partial charge in [0.05, 0.1) is 5.69 Å². The van der Waals surface area contributed by atoms with Gasteiger partial charge in [-0.15, -0.1) is 10.2 Å². The number of likely N-dealkylation sites (tertiary alicyclic amines) is 1. The molecule has 112 valence electrons. The number of rotatable bonds is 4. The molecule has 0 bridgehead atoms. The molecule has 7 heteroatoms. The maximum Gasteiger partial charge on any atom is 0.210 e. The lowest BCUT2D eigenvalue weighted by atomic mass is 10.0. The number of nitrogens with zero attached hydrogens (tertiary/aromatic N) is 5. The van der Waals surface area contributed by atoms with Crippen molar-refractivity contribution in [2.75, 3.05) is 18.4 Å². The molecule has 0 spiro atoms. The van der Waals surface area contributed by atoms with Gasteiger partial charge >= 0.3 is 0 Å². The highest BCUT2D eigenvalue weighted by Crippen LogP contribution is 2.28. The Bertz CT molecular complexity index is 598. The van der Waals surface area contributed by atoms with Crippen LogP contribution in [0.1, 0.15) is 37.7 Å². The number of hydrogen-bond donors (Lipinski definition) is 1. The van der Waals surface area contributed by atoms with Gasteiger partial charge in [0.25, 0.3) is 0 Å². The van der Waals surface area contributed by atoms with Gasteiger partial charge in [0, 0.05) is 24.6 Å². The standard InChI is InChI=1S/C14H20N6S/c1-9(2)20-5-4-11(7-20)12-6-13(17-10(3)16-12)18-14-19-15-8-21-14/h6,8-9,11H,4-5,7H2,1-3H3,(H,16,17,18,19)/t11-/m1/s1. The second-order valence-electron chi connectivity index (χ2n) is 5.67. The van der Waals surface area contributed by atoms with E-state index in [1.807, 2.05) is 13.0 Å². The van der Waals surface area contributed by atoms with Gasteiger partial charge in [0.15, 0.2) is 0 Å². The van der Waals surface area contributed by atoms with Gasteiger partial charge in [-0.1, -0.05) is 11.3 Å². The van der Waals surface area contributed by atoms with E-state index in [2.05, 4.69) is 44.2 Å². The Balaban J connectivity index is 1.78. The Morgan fingerprint density at radius 2 is 2.24 bits per heavy atom. The van der Waals surface area contributed by atoms with Crippen molar-refractivity contribution in [1.29, 1.82) is 0 Å². The fourth-order valence-corrected chi connectivity index (χ4v) is 3.15. The SMILES string of the molecule is Cc1nc(Nc2nncs2)cc([C@@H]2CCN(C(C)C)C2)n1. The molecule has 0 saturated carbocycles. The van der Waals surface area contributed by atoms with Crippen LogP contribution in [0.2, 0.25) is 0 Å². The largest absolute Gasteiger partial charge is 0.315 e. The number of nitrogens with one attached hydrogen (secondary N) is 1. The third-order valence-electron chi connectivity index (χ3n) is 3.82. The van der Waals surface area contributed by atoms with Crippen molar-refractivity contribution in [3.05, 3.63) is 23.1 Å². The summed E-state index contributed by atoms with van der Waals surface area (Å²) >= 11 is 1.46. The summed E-state index contributed by atoms with van der Waals surface area (Å²) in [4.78, 5) is 11.6. The minimum Gasteiger partial charge on any atom is -0.315 e. The van der Waals surface area contributed by atoms with Crippen LogP contribution in [0.4, 0.5) is 10.9 Å². The Kier molecular flexibility index (Phi) is 4.12. The molecule has 0 amide bonds. The van der Waals surface area contributed by atoms with Gasteiger partial charge in [0.1, 0.15) is 17.2 Å². The summed E-state index contributed by atoms with van der Waals surface area (Å²) in [6.07, 6.45) is 1.16. The average molecular weight is 304 g/mol. The second-order valence-corrected chi connectivity index (χ2v) is 6.50. The monoisotopic (exact) mass is 304 g/mol.